The standard InChI is InChI=1S/C14H16F2N2O3S/c1-2-20-12(19)10-8-3-4-14(6-17,7-21-13(15)16)5-9(8)22-11(10)18/h13H,2-5,7,18H2,1H3. The third-order valence-corrected chi connectivity index (χ3v) is 4.73. The molecule has 1 unspecified atom stereocenters. The maximum absolute atomic E-state index is 12.2. The molecule has 1 aliphatic carbocycles. The summed E-state index contributed by atoms with van der Waals surface area (Å²) in [6.07, 6.45) is 1.00. The minimum Gasteiger partial charge on any atom is -0.462 e. The fourth-order valence-electron chi connectivity index (χ4n) is 2.60. The van der Waals surface area contributed by atoms with Crippen molar-refractivity contribution in [2.45, 2.75) is 32.8 Å². The molecule has 1 aliphatic rings. The van der Waals surface area contributed by atoms with E-state index >= 15 is 0 Å². The molecule has 5 nitrogen and oxygen atoms in total. The second kappa shape index (κ2) is 6.58. The molecular formula is C14H16F2N2O3S. The number of halogens is 2. The summed E-state index contributed by atoms with van der Waals surface area (Å²) in [5, 5.41) is 9.70. The van der Waals surface area contributed by atoms with Crippen molar-refractivity contribution in [2.75, 3.05) is 18.9 Å². The van der Waals surface area contributed by atoms with E-state index in [-0.39, 0.29) is 19.6 Å². The van der Waals surface area contributed by atoms with Crippen molar-refractivity contribution in [3.05, 3.63) is 16.0 Å². The van der Waals surface area contributed by atoms with Gasteiger partial charge >= 0.3 is 12.6 Å². The van der Waals surface area contributed by atoms with Crippen LogP contribution in [0, 0.1) is 16.7 Å². The maximum Gasteiger partial charge on any atom is 0.345 e. The van der Waals surface area contributed by atoms with Crippen LogP contribution in [0.2, 0.25) is 0 Å². The van der Waals surface area contributed by atoms with Gasteiger partial charge in [0.05, 0.1) is 30.3 Å². The molecule has 0 amide bonds. The molecule has 22 heavy (non-hydrogen) atoms. The lowest BCUT2D eigenvalue weighted by Crippen LogP contribution is -2.33. The van der Waals surface area contributed by atoms with Crippen molar-refractivity contribution in [1.29, 1.82) is 5.26 Å². The molecule has 0 saturated carbocycles. The van der Waals surface area contributed by atoms with Gasteiger partial charge in [-0.15, -0.1) is 11.3 Å². The summed E-state index contributed by atoms with van der Waals surface area (Å²) in [7, 11) is 0. The van der Waals surface area contributed by atoms with Gasteiger partial charge in [0, 0.05) is 11.3 Å². The summed E-state index contributed by atoms with van der Waals surface area (Å²) < 4.78 is 33.8. The number of nitriles is 1. The molecular weight excluding hydrogens is 314 g/mol. The third-order valence-electron chi connectivity index (χ3n) is 3.67. The van der Waals surface area contributed by atoms with Crippen molar-refractivity contribution in [2.24, 2.45) is 5.41 Å². The van der Waals surface area contributed by atoms with Crippen molar-refractivity contribution >= 4 is 22.3 Å². The van der Waals surface area contributed by atoms with Gasteiger partial charge in [-0.3, -0.25) is 0 Å². The molecule has 0 fully saturated rings. The van der Waals surface area contributed by atoms with E-state index in [0.717, 1.165) is 10.4 Å². The first-order valence-corrected chi connectivity index (χ1v) is 7.62. The highest BCUT2D eigenvalue weighted by Crippen LogP contribution is 2.43. The lowest BCUT2D eigenvalue weighted by atomic mass is 9.75. The molecule has 120 valence electrons. The fraction of sp³-hybridized carbons (Fsp3) is 0.571. The molecule has 2 rings (SSSR count). The molecule has 0 aliphatic heterocycles. The molecule has 0 spiro atoms. The fourth-order valence-corrected chi connectivity index (χ4v) is 3.85. The highest BCUT2D eigenvalue weighted by molar-refractivity contribution is 7.16. The monoisotopic (exact) mass is 330 g/mol. The summed E-state index contributed by atoms with van der Waals surface area (Å²) in [6.45, 7) is -1.30. The second-order valence-corrected chi connectivity index (χ2v) is 6.24. The van der Waals surface area contributed by atoms with Crippen LogP contribution in [-0.4, -0.2) is 25.8 Å². The average molecular weight is 330 g/mol. The van der Waals surface area contributed by atoms with E-state index in [0.29, 0.717) is 23.4 Å². The number of carbonyl (C=O) groups is 1. The van der Waals surface area contributed by atoms with Gasteiger partial charge in [0.25, 0.3) is 0 Å². The predicted molar refractivity (Wildman–Crippen MR) is 76.7 cm³/mol. The summed E-state index contributed by atoms with van der Waals surface area (Å²) in [4.78, 5) is 12.7. The highest BCUT2D eigenvalue weighted by atomic mass is 32.1. The first kappa shape index (κ1) is 16.6. The molecule has 0 saturated heterocycles. The lowest BCUT2D eigenvalue weighted by Gasteiger charge is -2.30. The number of ether oxygens (including phenoxy) is 2. The van der Waals surface area contributed by atoms with E-state index < -0.39 is 18.0 Å². The van der Waals surface area contributed by atoms with Crippen molar-refractivity contribution in [1.82, 2.24) is 0 Å². The molecule has 8 heteroatoms. The third kappa shape index (κ3) is 3.20. The number of hydrogen-bond acceptors (Lipinski definition) is 6. The average Bonchev–Trinajstić information content (AvgIpc) is 2.80. The van der Waals surface area contributed by atoms with Crippen LogP contribution in [0.15, 0.2) is 0 Å². The van der Waals surface area contributed by atoms with Crippen molar-refractivity contribution < 1.29 is 23.0 Å². The zero-order valence-corrected chi connectivity index (χ0v) is 12.8. The summed E-state index contributed by atoms with van der Waals surface area (Å²) in [5.74, 6) is -0.481. The minimum atomic E-state index is -2.91. The Morgan fingerprint density at radius 2 is 2.32 bits per heavy atom. The molecule has 1 heterocycles. The number of fused-ring (bicyclic) bond motifs is 1. The smallest absolute Gasteiger partial charge is 0.345 e. The Kier molecular flexibility index (Phi) is 4.98. The van der Waals surface area contributed by atoms with Crippen LogP contribution in [0.5, 0.6) is 0 Å². The van der Waals surface area contributed by atoms with Crippen molar-refractivity contribution in [3.63, 3.8) is 0 Å². The Bertz CT molecular complexity index is 612. The Morgan fingerprint density at radius 1 is 1.59 bits per heavy atom. The zero-order chi connectivity index (χ0) is 16.3. The van der Waals surface area contributed by atoms with Gasteiger partial charge in [-0.2, -0.15) is 14.0 Å². The Balaban J connectivity index is 2.26. The quantitative estimate of drug-likeness (QED) is 0.839. The summed E-state index contributed by atoms with van der Waals surface area (Å²) >= 11 is 1.21. The number of esters is 1. The molecule has 0 radical (unpaired) electrons. The van der Waals surface area contributed by atoms with Crippen LogP contribution in [0.25, 0.3) is 0 Å². The Hall–Kier alpha value is -1.72. The van der Waals surface area contributed by atoms with E-state index in [9.17, 15) is 18.8 Å². The van der Waals surface area contributed by atoms with Gasteiger partial charge in [-0.1, -0.05) is 0 Å². The van der Waals surface area contributed by atoms with E-state index in [1.54, 1.807) is 6.92 Å². The normalized spacial score (nSPS) is 20.5. The first-order chi connectivity index (χ1) is 10.4. The molecule has 1 atom stereocenters. The number of hydrogen-bond donors (Lipinski definition) is 1. The van der Waals surface area contributed by atoms with E-state index in [4.69, 9.17) is 10.5 Å². The summed E-state index contributed by atoms with van der Waals surface area (Å²) in [6, 6.07) is 2.09. The number of rotatable bonds is 5. The van der Waals surface area contributed by atoms with Gasteiger partial charge in [0.1, 0.15) is 5.00 Å². The van der Waals surface area contributed by atoms with Crippen LogP contribution in [0.3, 0.4) is 0 Å². The Labute approximate surface area is 130 Å². The van der Waals surface area contributed by atoms with Gasteiger partial charge < -0.3 is 15.2 Å². The van der Waals surface area contributed by atoms with Crippen molar-refractivity contribution in [3.8, 4) is 6.07 Å². The van der Waals surface area contributed by atoms with E-state index in [1.165, 1.54) is 11.3 Å². The highest BCUT2D eigenvalue weighted by Gasteiger charge is 2.39. The van der Waals surface area contributed by atoms with Gasteiger partial charge in [-0.05, 0) is 25.3 Å². The zero-order valence-electron chi connectivity index (χ0n) is 12.0. The maximum atomic E-state index is 12.2. The number of nitrogens with zero attached hydrogens (tertiary/aromatic N) is 1. The minimum absolute atomic E-state index is 0.243. The van der Waals surface area contributed by atoms with Gasteiger partial charge in [0.2, 0.25) is 0 Å². The van der Waals surface area contributed by atoms with E-state index in [2.05, 4.69) is 10.8 Å². The van der Waals surface area contributed by atoms with Gasteiger partial charge in [0.15, 0.2) is 0 Å². The topological polar surface area (TPSA) is 85.3 Å². The Morgan fingerprint density at radius 3 is 2.91 bits per heavy atom. The number of nitrogens with two attached hydrogens (primary N) is 1. The first-order valence-electron chi connectivity index (χ1n) is 6.80. The number of thiophene rings is 1. The summed E-state index contributed by atoms with van der Waals surface area (Å²) in [5.41, 5.74) is 6.00. The SMILES string of the molecule is CCOC(=O)c1c(N)sc2c1CCC(C#N)(COC(F)F)C2. The molecule has 1 aromatic heterocycles. The molecule has 0 aromatic carbocycles. The molecule has 2 N–H and O–H groups in total. The van der Waals surface area contributed by atoms with Crippen LogP contribution in [0.1, 0.15) is 34.1 Å². The largest absolute Gasteiger partial charge is 0.462 e. The predicted octanol–water partition coefficient (Wildman–Crippen LogP) is 2.74. The number of alkyl halides is 2. The molecule has 0 bridgehead atoms. The van der Waals surface area contributed by atoms with E-state index in [1.807, 2.05) is 0 Å². The number of nitrogen functional groups attached to an aromatic ring is 1. The number of anilines is 1. The van der Waals surface area contributed by atoms with Gasteiger partial charge in [-0.25, -0.2) is 4.79 Å². The molecule has 1 aromatic rings. The number of carbonyl (C=O) groups excluding carboxylic acids is 1. The van der Waals surface area contributed by atoms with Crippen LogP contribution in [-0.2, 0) is 22.3 Å². The second-order valence-electron chi connectivity index (χ2n) is 5.10. The van der Waals surface area contributed by atoms with Crippen LogP contribution >= 0.6 is 11.3 Å². The lowest BCUT2D eigenvalue weighted by molar-refractivity contribution is -0.146. The van der Waals surface area contributed by atoms with Crippen LogP contribution < -0.4 is 5.73 Å². The van der Waals surface area contributed by atoms with Crippen LogP contribution in [0.4, 0.5) is 13.8 Å².